The van der Waals surface area contributed by atoms with Crippen LogP contribution in [-0.2, 0) is 18.3 Å². The topological polar surface area (TPSA) is 30.3 Å². The molecule has 0 saturated heterocycles. The molecule has 5 heteroatoms. The number of halogens is 1. The van der Waals surface area contributed by atoms with Crippen LogP contribution in [0.1, 0.15) is 38.1 Å². The van der Waals surface area contributed by atoms with Crippen LogP contribution in [0.25, 0.3) is 0 Å². The van der Waals surface area contributed by atoms with E-state index in [1.165, 1.54) is 5.69 Å². The molecule has 0 aliphatic heterocycles. The van der Waals surface area contributed by atoms with Gasteiger partial charge in [0.25, 0.3) is 0 Å². The van der Waals surface area contributed by atoms with Gasteiger partial charge >= 0.3 is 0 Å². The molecule has 0 aliphatic rings. The summed E-state index contributed by atoms with van der Waals surface area (Å²) in [5.41, 5.74) is 2.29. The second kappa shape index (κ2) is 8.02. The molecule has 4 nitrogen and oxygen atoms in total. The zero-order chi connectivity index (χ0) is 14.4. The normalized spacial score (nSPS) is 11.8. The Morgan fingerprint density at radius 1 is 1.37 bits per heavy atom. The van der Waals surface area contributed by atoms with Crippen molar-refractivity contribution in [2.24, 2.45) is 7.05 Å². The van der Waals surface area contributed by atoms with Gasteiger partial charge in [0.2, 0.25) is 0 Å². The summed E-state index contributed by atoms with van der Waals surface area (Å²) >= 11 is 3.65. The Balaban J connectivity index is 2.86. The Hall–Kier alpha value is -0.390. The second-order valence-corrected chi connectivity index (χ2v) is 5.70. The summed E-state index contributed by atoms with van der Waals surface area (Å²) in [4.78, 5) is 2.49. The van der Waals surface area contributed by atoms with Crippen molar-refractivity contribution in [3.63, 3.8) is 0 Å². The molecule has 0 radical (unpaired) electrons. The summed E-state index contributed by atoms with van der Waals surface area (Å²) in [6.07, 6.45) is 2.32. The van der Waals surface area contributed by atoms with E-state index in [4.69, 9.17) is 4.74 Å². The third kappa shape index (κ3) is 4.29. The fourth-order valence-electron chi connectivity index (χ4n) is 2.45. The van der Waals surface area contributed by atoms with Crippen LogP contribution in [0.15, 0.2) is 4.47 Å². The zero-order valence-corrected chi connectivity index (χ0v) is 14.3. The lowest BCUT2D eigenvalue weighted by Crippen LogP contribution is -2.37. The van der Waals surface area contributed by atoms with Crippen LogP contribution < -0.4 is 0 Å². The van der Waals surface area contributed by atoms with Crippen molar-refractivity contribution < 1.29 is 4.74 Å². The number of aryl methyl sites for hydroxylation is 2. The van der Waals surface area contributed by atoms with Crippen LogP contribution in [0.2, 0.25) is 0 Å². The third-order valence-electron chi connectivity index (χ3n) is 3.66. The number of rotatable bonds is 8. The van der Waals surface area contributed by atoms with Crippen LogP contribution in [0.4, 0.5) is 0 Å². The van der Waals surface area contributed by atoms with Crippen LogP contribution >= 0.6 is 15.9 Å². The molecular formula is C14H26BrN3O. The smallest absolute Gasteiger partial charge is 0.0739 e. The molecule has 0 atom stereocenters. The molecule has 0 N–H and O–H groups in total. The first-order valence-electron chi connectivity index (χ1n) is 6.96. The summed E-state index contributed by atoms with van der Waals surface area (Å²) in [7, 11) is 3.77. The van der Waals surface area contributed by atoms with E-state index in [9.17, 15) is 0 Å². The van der Waals surface area contributed by atoms with Gasteiger partial charge in [0.15, 0.2) is 0 Å². The Morgan fingerprint density at radius 2 is 2.00 bits per heavy atom. The van der Waals surface area contributed by atoms with Crippen molar-refractivity contribution in [2.45, 2.75) is 46.2 Å². The van der Waals surface area contributed by atoms with Gasteiger partial charge in [-0.2, -0.15) is 5.10 Å². The first-order valence-corrected chi connectivity index (χ1v) is 7.75. The maximum absolute atomic E-state index is 5.24. The molecule has 1 aromatic rings. The van der Waals surface area contributed by atoms with E-state index in [2.05, 4.69) is 39.8 Å². The molecule has 0 bridgehead atoms. The maximum atomic E-state index is 5.24. The number of hydrogen-bond acceptors (Lipinski definition) is 3. The molecule has 19 heavy (non-hydrogen) atoms. The van der Waals surface area contributed by atoms with Crippen molar-refractivity contribution >= 4 is 15.9 Å². The van der Waals surface area contributed by atoms with Gasteiger partial charge < -0.3 is 4.74 Å². The third-order valence-corrected chi connectivity index (χ3v) is 4.69. The van der Waals surface area contributed by atoms with Crippen molar-refractivity contribution in [1.82, 2.24) is 14.7 Å². The summed E-state index contributed by atoms with van der Waals surface area (Å²) in [5.74, 6) is 0. The van der Waals surface area contributed by atoms with E-state index in [0.29, 0.717) is 6.04 Å². The Labute approximate surface area is 125 Å². The van der Waals surface area contributed by atoms with Gasteiger partial charge in [-0.15, -0.1) is 0 Å². The monoisotopic (exact) mass is 331 g/mol. The number of ether oxygens (including phenoxy) is 1. The van der Waals surface area contributed by atoms with E-state index in [-0.39, 0.29) is 0 Å². The fourth-order valence-corrected chi connectivity index (χ4v) is 2.91. The Kier molecular flexibility index (Phi) is 7.04. The van der Waals surface area contributed by atoms with Crippen molar-refractivity contribution in [1.29, 1.82) is 0 Å². The standard InChI is InChI=1S/C14H26BrN3O/c1-6-12(7-2)18(8-9-19-5)10-13-14(15)11(3)16-17(13)4/h12H,6-10H2,1-5H3. The van der Waals surface area contributed by atoms with E-state index in [0.717, 1.165) is 42.7 Å². The lowest BCUT2D eigenvalue weighted by Gasteiger charge is -2.30. The molecular weight excluding hydrogens is 306 g/mol. The van der Waals surface area contributed by atoms with Gasteiger partial charge in [0.05, 0.1) is 22.5 Å². The lowest BCUT2D eigenvalue weighted by atomic mass is 10.1. The van der Waals surface area contributed by atoms with Crippen LogP contribution in [0.5, 0.6) is 0 Å². The van der Waals surface area contributed by atoms with Gasteiger partial charge in [0, 0.05) is 33.3 Å². The van der Waals surface area contributed by atoms with Crippen molar-refractivity contribution in [3.8, 4) is 0 Å². The predicted octanol–water partition coefficient (Wildman–Crippen LogP) is 3.13. The Morgan fingerprint density at radius 3 is 2.42 bits per heavy atom. The van der Waals surface area contributed by atoms with Gasteiger partial charge in [-0.1, -0.05) is 13.8 Å². The highest BCUT2D eigenvalue weighted by atomic mass is 79.9. The van der Waals surface area contributed by atoms with E-state index < -0.39 is 0 Å². The lowest BCUT2D eigenvalue weighted by molar-refractivity contribution is 0.108. The van der Waals surface area contributed by atoms with E-state index in [1.807, 2.05) is 18.7 Å². The minimum atomic E-state index is 0.595. The molecule has 0 saturated carbocycles. The summed E-state index contributed by atoms with van der Waals surface area (Å²) in [6.45, 7) is 9.16. The molecule has 1 rings (SSSR count). The average molecular weight is 332 g/mol. The van der Waals surface area contributed by atoms with Gasteiger partial charge in [-0.25, -0.2) is 0 Å². The molecule has 0 aromatic carbocycles. The van der Waals surface area contributed by atoms with Crippen LogP contribution in [0, 0.1) is 6.92 Å². The number of hydrogen-bond donors (Lipinski definition) is 0. The first kappa shape index (κ1) is 16.7. The highest BCUT2D eigenvalue weighted by molar-refractivity contribution is 9.10. The molecule has 0 aliphatic carbocycles. The molecule has 1 heterocycles. The quantitative estimate of drug-likeness (QED) is 0.733. The van der Waals surface area contributed by atoms with Crippen LogP contribution in [-0.4, -0.2) is 41.0 Å². The molecule has 0 amide bonds. The van der Waals surface area contributed by atoms with Crippen LogP contribution in [0.3, 0.4) is 0 Å². The molecule has 110 valence electrons. The summed E-state index contributed by atoms with van der Waals surface area (Å²) < 4.78 is 8.34. The first-order chi connectivity index (χ1) is 9.04. The number of aromatic nitrogens is 2. The highest BCUT2D eigenvalue weighted by Gasteiger charge is 2.19. The number of methoxy groups -OCH3 is 1. The second-order valence-electron chi connectivity index (χ2n) is 4.90. The zero-order valence-electron chi connectivity index (χ0n) is 12.7. The maximum Gasteiger partial charge on any atom is 0.0739 e. The number of nitrogens with zero attached hydrogens (tertiary/aromatic N) is 3. The summed E-state index contributed by atoms with van der Waals surface area (Å²) in [5, 5.41) is 4.47. The van der Waals surface area contributed by atoms with E-state index in [1.54, 1.807) is 7.11 Å². The van der Waals surface area contributed by atoms with Crippen molar-refractivity contribution in [2.75, 3.05) is 20.3 Å². The predicted molar refractivity (Wildman–Crippen MR) is 82.3 cm³/mol. The SMILES string of the molecule is CCC(CC)N(CCOC)Cc1c(Br)c(C)nn1C. The van der Waals surface area contributed by atoms with Gasteiger partial charge in [0.1, 0.15) is 0 Å². The Bertz CT molecular complexity index is 388. The minimum Gasteiger partial charge on any atom is -0.383 e. The minimum absolute atomic E-state index is 0.595. The van der Waals surface area contributed by atoms with Gasteiger partial charge in [-0.3, -0.25) is 9.58 Å². The largest absolute Gasteiger partial charge is 0.383 e. The fraction of sp³-hybridized carbons (Fsp3) is 0.786. The molecule has 0 spiro atoms. The van der Waals surface area contributed by atoms with E-state index >= 15 is 0 Å². The van der Waals surface area contributed by atoms with Crippen molar-refractivity contribution in [3.05, 3.63) is 15.9 Å². The summed E-state index contributed by atoms with van der Waals surface area (Å²) in [6, 6.07) is 0.595. The molecule has 1 aromatic heterocycles. The van der Waals surface area contributed by atoms with Gasteiger partial charge in [-0.05, 0) is 35.7 Å². The molecule has 0 fully saturated rings. The highest BCUT2D eigenvalue weighted by Crippen LogP contribution is 2.23. The molecule has 0 unspecified atom stereocenters. The average Bonchev–Trinajstić information content (AvgIpc) is 2.63.